The van der Waals surface area contributed by atoms with Gasteiger partial charge in [-0.05, 0) is 0 Å². The number of nitrogens with two attached hydrogens (primary N) is 2. The zero-order valence-corrected chi connectivity index (χ0v) is 5.64. The molecule has 0 radical (unpaired) electrons. The van der Waals surface area contributed by atoms with E-state index in [-0.39, 0.29) is 11.6 Å². The topological polar surface area (TPSA) is 98.1 Å². The molecule has 6 heteroatoms. The van der Waals surface area contributed by atoms with E-state index in [2.05, 4.69) is 9.97 Å². The molecule has 1 heterocycles. The van der Waals surface area contributed by atoms with E-state index in [1.165, 1.54) is 12.4 Å². The van der Waals surface area contributed by atoms with Crippen LogP contribution in [0.3, 0.4) is 0 Å². The average Bonchev–Trinajstić information content (AvgIpc) is 2.04. The highest BCUT2D eigenvalue weighted by atomic mass is 16.1. The highest BCUT2D eigenvalue weighted by Gasteiger charge is 2.04. The molecule has 0 atom stereocenters. The lowest BCUT2D eigenvalue weighted by atomic mass is 10.6. The van der Waals surface area contributed by atoms with Gasteiger partial charge in [-0.2, -0.15) is 0 Å². The molecule has 0 unspecified atom stereocenters. The van der Waals surface area contributed by atoms with Gasteiger partial charge in [0.15, 0.2) is 11.6 Å². The van der Waals surface area contributed by atoms with E-state index >= 15 is 0 Å². The molecule has 4 N–H and O–H groups in total. The zero-order chi connectivity index (χ0) is 8.27. The van der Waals surface area contributed by atoms with E-state index in [9.17, 15) is 4.79 Å². The Morgan fingerprint density at radius 2 is 2.09 bits per heavy atom. The fraction of sp³-hybridized carbons (Fsp3) is 0. The second-order valence-electron chi connectivity index (χ2n) is 1.78. The Kier molecular flexibility index (Phi) is 1.98. The third-order valence-electron chi connectivity index (χ3n) is 1.06. The predicted molar refractivity (Wildman–Crippen MR) is 39.2 cm³/mol. The summed E-state index contributed by atoms with van der Waals surface area (Å²) in [6.07, 6.45) is 3.22. The summed E-state index contributed by atoms with van der Waals surface area (Å²) in [5.74, 6) is 5.46. The highest BCUT2D eigenvalue weighted by molar-refractivity contribution is 5.76. The van der Waals surface area contributed by atoms with E-state index < -0.39 is 0 Å². The number of hydrazine groups is 1. The molecule has 0 saturated heterocycles. The Bertz CT molecular complexity index is 263. The van der Waals surface area contributed by atoms with E-state index in [0.29, 0.717) is 6.41 Å². The first kappa shape index (κ1) is 7.42. The normalized spacial score (nSPS) is 9.18. The molecular formula is C5H7N5O. The van der Waals surface area contributed by atoms with Gasteiger partial charge in [0.05, 0.1) is 0 Å². The summed E-state index contributed by atoms with van der Waals surface area (Å²) in [7, 11) is 0. The largest absolute Gasteiger partial charge is 0.381 e. The van der Waals surface area contributed by atoms with Crippen molar-refractivity contribution in [2.24, 2.45) is 5.84 Å². The summed E-state index contributed by atoms with van der Waals surface area (Å²) in [6, 6.07) is 0. The van der Waals surface area contributed by atoms with Crippen LogP contribution in [0, 0.1) is 0 Å². The van der Waals surface area contributed by atoms with Crippen molar-refractivity contribution in [2.45, 2.75) is 0 Å². The molecule has 1 aromatic heterocycles. The number of aromatic nitrogens is 2. The first-order valence-electron chi connectivity index (χ1n) is 2.81. The number of nitrogens with zero attached hydrogens (tertiary/aromatic N) is 3. The Hall–Kier alpha value is -1.69. The van der Waals surface area contributed by atoms with Crippen molar-refractivity contribution >= 4 is 18.0 Å². The third kappa shape index (κ3) is 1.41. The van der Waals surface area contributed by atoms with Crippen molar-refractivity contribution in [3.63, 3.8) is 0 Å². The number of anilines is 2. The Labute approximate surface area is 62.8 Å². The van der Waals surface area contributed by atoms with E-state index in [4.69, 9.17) is 11.6 Å². The number of carbonyl (C=O) groups excluding carboxylic acids is 1. The maximum atomic E-state index is 10.1. The minimum Gasteiger partial charge on any atom is -0.381 e. The van der Waals surface area contributed by atoms with Crippen LogP contribution < -0.4 is 16.6 Å². The van der Waals surface area contributed by atoms with Crippen LogP contribution in [-0.2, 0) is 4.79 Å². The van der Waals surface area contributed by atoms with Crippen LogP contribution >= 0.6 is 0 Å². The number of hydrogen-bond donors (Lipinski definition) is 2. The molecule has 0 saturated carbocycles. The van der Waals surface area contributed by atoms with Crippen LogP contribution in [0.2, 0.25) is 0 Å². The monoisotopic (exact) mass is 153 g/mol. The number of amides is 1. The van der Waals surface area contributed by atoms with Crippen LogP contribution in [0.25, 0.3) is 0 Å². The number of carbonyl (C=O) groups is 1. The van der Waals surface area contributed by atoms with Crippen LogP contribution in [0.5, 0.6) is 0 Å². The molecule has 11 heavy (non-hydrogen) atoms. The van der Waals surface area contributed by atoms with Crippen molar-refractivity contribution < 1.29 is 4.79 Å². The smallest absolute Gasteiger partial charge is 0.229 e. The zero-order valence-electron chi connectivity index (χ0n) is 5.64. The van der Waals surface area contributed by atoms with Crippen molar-refractivity contribution in [2.75, 3.05) is 10.7 Å². The molecule has 0 aliphatic heterocycles. The summed E-state index contributed by atoms with van der Waals surface area (Å²) in [4.78, 5) is 17.5. The summed E-state index contributed by atoms with van der Waals surface area (Å²) in [6.45, 7) is 0. The molecule has 6 nitrogen and oxygen atoms in total. The summed E-state index contributed by atoms with van der Waals surface area (Å²) in [5.41, 5.74) is 5.34. The van der Waals surface area contributed by atoms with E-state index in [1.54, 1.807) is 0 Å². The van der Waals surface area contributed by atoms with Gasteiger partial charge in [0.1, 0.15) is 0 Å². The van der Waals surface area contributed by atoms with Gasteiger partial charge < -0.3 is 5.73 Å². The number of nitrogen functional groups attached to an aromatic ring is 1. The Morgan fingerprint density at radius 1 is 1.45 bits per heavy atom. The SMILES string of the molecule is Nc1nccnc1N(N)C=O. The van der Waals surface area contributed by atoms with Gasteiger partial charge in [0, 0.05) is 12.4 Å². The number of hydrogen-bond acceptors (Lipinski definition) is 5. The molecule has 0 bridgehead atoms. The molecular weight excluding hydrogens is 146 g/mol. The van der Waals surface area contributed by atoms with Gasteiger partial charge in [-0.3, -0.25) is 4.79 Å². The molecule has 0 aliphatic carbocycles. The number of rotatable bonds is 2. The average molecular weight is 153 g/mol. The minimum atomic E-state index is 0.127. The second kappa shape index (κ2) is 2.93. The molecule has 1 aromatic rings. The van der Waals surface area contributed by atoms with Gasteiger partial charge in [-0.15, -0.1) is 0 Å². The third-order valence-corrected chi connectivity index (χ3v) is 1.06. The fourth-order valence-electron chi connectivity index (χ4n) is 0.590. The van der Waals surface area contributed by atoms with Crippen LogP contribution in [0.4, 0.5) is 11.6 Å². The molecule has 0 aliphatic rings. The van der Waals surface area contributed by atoms with Gasteiger partial charge in [0.25, 0.3) is 0 Å². The Balaban J connectivity index is 3.02. The second-order valence-corrected chi connectivity index (χ2v) is 1.78. The molecule has 1 amide bonds. The quantitative estimate of drug-likeness (QED) is 0.243. The van der Waals surface area contributed by atoms with Crippen molar-refractivity contribution in [1.29, 1.82) is 0 Å². The summed E-state index contributed by atoms with van der Waals surface area (Å²) >= 11 is 0. The van der Waals surface area contributed by atoms with Gasteiger partial charge in [0.2, 0.25) is 6.41 Å². The first-order valence-corrected chi connectivity index (χ1v) is 2.81. The minimum absolute atomic E-state index is 0.127. The van der Waals surface area contributed by atoms with E-state index in [1.807, 2.05) is 0 Å². The summed E-state index contributed by atoms with van der Waals surface area (Å²) < 4.78 is 0. The first-order chi connectivity index (χ1) is 5.25. The standard InChI is InChI=1S/C5H7N5O/c6-4-5(10(7)3-11)9-2-1-8-4/h1-3H,7H2,(H2,6,8). The predicted octanol–water partition coefficient (Wildman–Crippen LogP) is -1.10. The van der Waals surface area contributed by atoms with Crippen molar-refractivity contribution in [3.05, 3.63) is 12.4 Å². The van der Waals surface area contributed by atoms with Crippen LogP contribution in [0.1, 0.15) is 0 Å². The maximum Gasteiger partial charge on any atom is 0.229 e. The lowest BCUT2D eigenvalue weighted by Crippen LogP contribution is -2.30. The molecule has 1 rings (SSSR count). The summed E-state index contributed by atoms with van der Waals surface area (Å²) in [5, 5.41) is 0.766. The fourth-order valence-corrected chi connectivity index (χ4v) is 0.590. The van der Waals surface area contributed by atoms with Gasteiger partial charge >= 0.3 is 0 Å². The lowest BCUT2D eigenvalue weighted by Gasteiger charge is -2.08. The maximum absolute atomic E-state index is 10.1. The molecule has 0 aromatic carbocycles. The van der Waals surface area contributed by atoms with Crippen molar-refractivity contribution in [3.8, 4) is 0 Å². The van der Waals surface area contributed by atoms with Gasteiger partial charge in [-0.25, -0.2) is 20.8 Å². The van der Waals surface area contributed by atoms with Crippen LogP contribution in [0.15, 0.2) is 12.4 Å². The highest BCUT2D eigenvalue weighted by Crippen LogP contribution is 2.10. The van der Waals surface area contributed by atoms with E-state index in [0.717, 1.165) is 5.01 Å². The molecule has 58 valence electrons. The van der Waals surface area contributed by atoms with Gasteiger partial charge in [-0.1, -0.05) is 0 Å². The Morgan fingerprint density at radius 3 is 2.64 bits per heavy atom. The molecule has 0 spiro atoms. The lowest BCUT2D eigenvalue weighted by molar-refractivity contribution is -0.107. The molecule has 0 fully saturated rings. The van der Waals surface area contributed by atoms with Crippen molar-refractivity contribution in [1.82, 2.24) is 9.97 Å². The van der Waals surface area contributed by atoms with Crippen LogP contribution in [-0.4, -0.2) is 16.4 Å².